The summed E-state index contributed by atoms with van der Waals surface area (Å²) in [6.07, 6.45) is 0. The van der Waals surface area contributed by atoms with Crippen LogP contribution in [0.5, 0.6) is 0 Å². The van der Waals surface area contributed by atoms with Gasteiger partial charge in [0.05, 0.1) is 21.9 Å². The molecule has 0 saturated heterocycles. The lowest BCUT2D eigenvalue weighted by Crippen LogP contribution is -2.41. The Morgan fingerprint density at radius 2 is 0.705 bits per heavy atom. The summed E-state index contributed by atoms with van der Waals surface area (Å²) in [6.45, 7) is 0. The van der Waals surface area contributed by atoms with Crippen molar-refractivity contribution in [1.29, 1.82) is 0 Å². The van der Waals surface area contributed by atoms with Gasteiger partial charge in [-0.3, -0.25) is 0 Å². The van der Waals surface area contributed by atoms with E-state index in [1.54, 1.807) is 0 Å². The van der Waals surface area contributed by atoms with Crippen molar-refractivity contribution in [1.82, 2.24) is 4.57 Å². The third-order valence-electron chi connectivity index (χ3n) is 13.9. The molecule has 0 atom stereocenters. The molecule has 1 nitrogen and oxygen atoms in total. The highest BCUT2D eigenvalue weighted by Crippen LogP contribution is 2.71. The fraction of sp³-hybridized carbons (Fsp3) is 0.0345. The minimum Gasteiger partial charge on any atom is -0.309 e. The summed E-state index contributed by atoms with van der Waals surface area (Å²) in [5.74, 6) is 0. The van der Waals surface area contributed by atoms with Gasteiger partial charge < -0.3 is 4.57 Å². The predicted octanol–water partition coefficient (Wildman–Crippen LogP) is 15.3. The van der Waals surface area contributed by atoms with Gasteiger partial charge in [-0.25, -0.2) is 0 Å². The molecule has 284 valence electrons. The van der Waals surface area contributed by atoms with Crippen molar-refractivity contribution in [2.24, 2.45) is 0 Å². The summed E-state index contributed by atoms with van der Waals surface area (Å²) in [7, 11) is 0. The van der Waals surface area contributed by atoms with Gasteiger partial charge in [0.25, 0.3) is 0 Å². The van der Waals surface area contributed by atoms with Crippen LogP contribution in [0.1, 0.15) is 43.1 Å². The first-order valence-corrected chi connectivity index (χ1v) is 22.7. The number of nitrogens with zero attached hydrogens (tertiary/aromatic N) is 1. The number of fused-ring (bicyclic) bond motifs is 19. The monoisotopic (exact) mass is 809 g/mol. The van der Waals surface area contributed by atoms with E-state index in [0.717, 1.165) is 0 Å². The molecule has 3 aromatic heterocycles. The third kappa shape index (κ3) is 4.20. The molecule has 0 fully saturated rings. The summed E-state index contributed by atoms with van der Waals surface area (Å²) < 4.78 is 2.44. The highest BCUT2D eigenvalue weighted by atomic mass is 32.1. The van der Waals surface area contributed by atoms with Gasteiger partial charge in [0.2, 0.25) is 0 Å². The van der Waals surface area contributed by atoms with Crippen LogP contribution in [0.15, 0.2) is 212 Å². The number of hydrogen-bond donors (Lipinski definition) is 0. The van der Waals surface area contributed by atoms with E-state index in [-0.39, 0.29) is 0 Å². The quantitative estimate of drug-likeness (QED) is 0.168. The second-order valence-electron chi connectivity index (χ2n) is 16.7. The topological polar surface area (TPSA) is 4.93 Å². The van der Waals surface area contributed by atoms with Gasteiger partial charge in [-0.05, 0) is 103 Å². The molecule has 0 radical (unpaired) electrons. The minimum atomic E-state index is -0.507. The molecule has 0 unspecified atom stereocenters. The van der Waals surface area contributed by atoms with Crippen LogP contribution in [0, 0.1) is 0 Å². The van der Waals surface area contributed by atoms with Gasteiger partial charge in [0, 0.05) is 36.0 Å². The molecule has 3 heterocycles. The van der Waals surface area contributed by atoms with Crippen molar-refractivity contribution >= 4 is 44.5 Å². The molecule has 8 aromatic carbocycles. The molecule has 14 rings (SSSR count). The fourth-order valence-corrected chi connectivity index (χ4v) is 14.5. The fourth-order valence-electron chi connectivity index (χ4n) is 11.6. The summed E-state index contributed by atoms with van der Waals surface area (Å²) >= 11 is 3.99. The molecule has 0 saturated carbocycles. The third-order valence-corrected chi connectivity index (χ3v) is 16.5. The normalized spacial score (nSPS) is 14.5. The smallest absolute Gasteiger partial charge is 0.0821 e. The Hall–Kier alpha value is -7.04. The molecular formula is C58H35NS2. The molecule has 11 aromatic rings. The van der Waals surface area contributed by atoms with Crippen molar-refractivity contribution in [3.63, 3.8) is 0 Å². The van der Waals surface area contributed by atoms with Gasteiger partial charge >= 0.3 is 0 Å². The Balaban J connectivity index is 1.12. The Labute approximate surface area is 362 Å². The molecule has 3 aliphatic carbocycles. The summed E-state index contributed by atoms with van der Waals surface area (Å²) in [5, 5.41) is 2.55. The van der Waals surface area contributed by atoms with Crippen molar-refractivity contribution in [3.05, 3.63) is 255 Å². The van der Waals surface area contributed by atoms with E-state index in [1.807, 2.05) is 22.7 Å². The molecule has 0 amide bonds. The molecular weight excluding hydrogens is 775 g/mol. The zero-order valence-corrected chi connectivity index (χ0v) is 34.6. The molecule has 61 heavy (non-hydrogen) atoms. The van der Waals surface area contributed by atoms with Crippen molar-refractivity contribution in [2.45, 2.75) is 10.8 Å². The summed E-state index contributed by atoms with van der Waals surface area (Å²) in [5.41, 5.74) is 18.7. The van der Waals surface area contributed by atoms with E-state index in [1.165, 1.54) is 114 Å². The maximum absolute atomic E-state index is 2.60. The van der Waals surface area contributed by atoms with Crippen LogP contribution in [0.3, 0.4) is 0 Å². The van der Waals surface area contributed by atoms with Gasteiger partial charge in [-0.15, -0.1) is 22.7 Å². The molecule has 2 spiro atoms. The molecule has 3 heteroatoms. The first-order valence-electron chi connectivity index (χ1n) is 21.1. The summed E-state index contributed by atoms with van der Waals surface area (Å²) in [4.78, 5) is 5.43. The lowest BCUT2D eigenvalue weighted by atomic mass is 9.58. The standard InChI is InChI=1S/C58H35NS2/c1-2-17-36(18-3-1)53-34-49-55(60-53)58(47-29-12-6-23-41(47)42-24-7-13-30-48(42)58)50-35-54(61-56(50)57(49)45-27-10-4-21-39(45)40-22-5-11-28-46(40)57)37-19-16-20-38(33-37)59-51-31-14-8-25-43(51)44-26-9-15-32-52(44)59/h1-35H. The zero-order valence-electron chi connectivity index (χ0n) is 33.0. The maximum Gasteiger partial charge on any atom is 0.0821 e. The molecule has 3 aliphatic rings. The lowest BCUT2D eigenvalue weighted by molar-refractivity contribution is 0.662. The number of thiophene rings is 2. The maximum atomic E-state index is 2.60. The van der Waals surface area contributed by atoms with Crippen LogP contribution >= 0.6 is 22.7 Å². The van der Waals surface area contributed by atoms with Crippen LogP contribution < -0.4 is 0 Å². The number of para-hydroxylation sites is 2. The molecule has 0 aliphatic heterocycles. The Morgan fingerprint density at radius 1 is 0.311 bits per heavy atom. The number of benzene rings is 8. The van der Waals surface area contributed by atoms with E-state index in [2.05, 4.69) is 217 Å². The predicted molar refractivity (Wildman–Crippen MR) is 256 cm³/mol. The first kappa shape index (κ1) is 33.8. The van der Waals surface area contributed by atoms with Crippen LogP contribution in [0.25, 0.3) is 70.6 Å². The van der Waals surface area contributed by atoms with Crippen molar-refractivity contribution < 1.29 is 0 Å². The first-order chi connectivity index (χ1) is 30.3. The second kappa shape index (κ2) is 12.3. The number of aromatic nitrogens is 1. The van der Waals surface area contributed by atoms with Gasteiger partial charge in [0.15, 0.2) is 0 Å². The van der Waals surface area contributed by atoms with Crippen LogP contribution in [-0.4, -0.2) is 4.57 Å². The Bertz CT molecular complexity index is 3330. The average Bonchev–Trinajstić information content (AvgIpc) is 4.15. The zero-order chi connectivity index (χ0) is 39.9. The molecule has 0 N–H and O–H groups in total. The van der Waals surface area contributed by atoms with Crippen LogP contribution in [0.4, 0.5) is 0 Å². The highest BCUT2D eigenvalue weighted by Gasteiger charge is 2.61. The van der Waals surface area contributed by atoms with Gasteiger partial charge in [-0.1, -0.05) is 176 Å². The van der Waals surface area contributed by atoms with Crippen LogP contribution in [-0.2, 0) is 10.8 Å². The van der Waals surface area contributed by atoms with E-state index < -0.39 is 10.8 Å². The van der Waals surface area contributed by atoms with E-state index in [9.17, 15) is 0 Å². The molecule has 0 bridgehead atoms. The Kier molecular flexibility index (Phi) is 6.79. The highest BCUT2D eigenvalue weighted by molar-refractivity contribution is 7.17. The SMILES string of the molecule is c1ccc(-c2cc3c(s2)C2(c4ccccc4-c4ccccc42)c2cc(-c4cccc(-n5c6ccccc6c6ccccc65)c4)sc2C32c3ccccc3-c3ccccc32)cc1. The largest absolute Gasteiger partial charge is 0.309 e. The lowest BCUT2D eigenvalue weighted by Gasteiger charge is -2.45. The minimum absolute atomic E-state index is 0.507. The number of rotatable bonds is 3. The van der Waals surface area contributed by atoms with E-state index in [0.29, 0.717) is 0 Å². The summed E-state index contributed by atoms with van der Waals surface area (Å²) in [6, 6.07) is 80.0. The second-order valence-corrected chi connectivity index (χ2v) is 18.8. The van der Waals surface area contributed by atoms with Crippen LogP contribution in [0.2, 0.25) is 0 Å². The average molecular weight is 810 g/mol. The number of hydrogen-bond acceptors (Lipinski definition) is 2. The van der Waals surface area contributed by atoms with E-state index >= 15 is 0 Å². The van der Waals surface area contributed by atoms with Crippen molar-refractivity contribution in [3.8, 4) is 48.8 Å². The van der Waals surface area contributed by atoms with E-state index in [4.69, 9.17) is 0 Å². The van der Waals surface area contributed by atoms with Gasteiger partial charge in [0.1, 0.15) is 0 Å². The van der Waals surface area contributed by atoms with Crippen molar-refractivity contribution in [2.75, 3.05) is 0 Å². The van der Waals surface area contributed by atoms with Gasteiger partial charge in [-0.2, -0.15) is 0 Å². The Morgan fingerprint density at radius 3 is 1.20 bits per heavy atom.